The highest BCUT2D eigenvalue weighted by atomic mass is 19.4. The van der Waals surface area contributed by atoms with Crippen molar-refractivity contribution in [2.45, 2.75) is 45.3 Å². The normalized spacial score (nSPS) is 15.2. The molecule has 0 atom stereocenters. The van der Waals surface area contributed by atoms with Crippen LogP contribution in [0.25, 0.3) is 11.1 Å². The van der Waals surface area contributed by atoms with Gasteiger partial charge in [0.05, 0.1) is 11.9 Å². The van der Waals surface area contributed by atoms with Crippen LogP contribution in [0.2, 0.25) is 0 Å². The fourth-order valence-corrected chi connectivity index (χ4v) is 3.88. The molecule has 0 radical (unpaired) electrons. The number of hydrogen-bond donors (Lipinski definition) is 2. The third-order valence-electron chi connectivity index (χ3n) is 6.05. The Morgan fingerprint density at radius 3 is 2.24 bits per heavy atom. The van der Waals surface area contributed by atoms with E-state index in [-0.39, 0.29) is 5.91 Å². The number of nitrogens with zero attached hydrogens (tertiary/aromatic N) is 5. The molecule has 1 saturated carbocycles. The maximum Gasteiger partial charge on any atom is 0.490 e. The second kappa shape index (κ2) is 11.0. The number of carboxylic acid groups (broad SMARTS) is 1. The summed E-state index contributed by atoms with van der Waals surface area (Å²) in [4.78, 5) is 37.5. The van der Waals surface area contributed by atoms with Crippen molar-refractivity contribution in [3.63, 3.8) is 0 Å². The van der Waals surface area contributed by atoms with Gasteiger partial charge in [0.25, 0.3) is 5.91 Å². The van der Waals surface area contributed by atoms with E-state index in [1.54, 1.807) is 6.20 Å². The van der Waals surface area contributed by atoms with Crippen LogP contribution < -0.4 is 10.2 Å². The number of anilines is 2. The first-order valence-corrected chi connectivity index (χ1v) is 11.9. The van der Waals surface area contributed by atoms with Gasteiger partial charge in [0.2, 0.25) is 5.95 Å². The lowest BCUT2D eigenvalue weighted by atomic mass is 10.2. The van der Waals surface area contributed by atoms with E-state index in [1.807, 2.05) is 37.5 Å². The summed E-state index contributed by atoms with van der Waals surface area (Å²) in [6.07, 6.45) is 7.23. The standard InChI is InChI=1S/C23H26N6O.C2HF3O2/c1-16-4-7-20(13-24-16)27-22(30)21-10-18(15-29(21)14-17-5-6-17)19-11-25-23(26-12-19)28-8-2-3-9-28;3-2(4,5)1(6)7/h4,7,10-13,15,17H,2-3,5-6,8-9,14H2,1H3,(H,27,30);(H,6,7). The Kier molecular flexibility index (Phi) is 7.74. The lowest BCUT2D eigenvalue weighted by Crippen LogP contribution is -2.21. The fourth-order valence-electron chi connectivity index (χ4n) is 3.88. The topological polar surface area (TPSA) is 113 Å². The summed E-state index contributed by atoms with van der Waals surface area (Å²) in [6, 6.07) is 5.71. The van der Waals surface area contributed by atoms with Crippen LogP contribution in [0.1, 0.15) is 41.9 Å². The predicted octanol–water partition coefficient (Wildman–Crippen LogP) is 4.54. The molecule has 1 aliphatic heterocycles. The molecule has 12 heteroatoms. The lowest BCUT2D eigenvalue weighted by molar-refractivity contribution is -0.192. The summed E-state index contributed by atoms with van der Waals surface area (Å²) in [5.41, 5.74) is 4.17. The van der Waals surface area contributed by atoms with Crippen LogP contribution in [0.4, 0.5) is 24.8 Å². The number of aromatic nitrogens is 4. The highest BCUT2D eigenvalue weighted by Gasteiger charge is 2.38. The van der Waals surface area contributed by atoms with Crippen molar-refractivity contribution in [3.05, 3.63) is 54.4 Å². The van der Waals surface area contributed by atoms with Gasteiger partial charge in [0.15, 0.2) is 0 Å². The van der Waals surface area contributed by atoms with Crippen molar-refractivity contribution in [1.29, 1.82) is 0 Å². The summed E-state index contributed by atoms with van der Waals surface area (Å²) in [5, 5.41) is 10.1. The number of halogens is 3. The molecule has 0 bridgehead atoms. The van der Waals surface area contributed by atoms with E-state index < -0.39 is 12.1 Å². The van der Waals surface area contributed by atoms with Gasteiger partial charge < -0.3 is 19.9 Å². The molecule has 1 amide bonds. The number of carboxylic acids is 1. The highest BCUT2D eigenvalue weighted by Crippen LogP contribution is 2.33. The zero-order valence-electron chi connectivity index (χ0n) is 20.2. The fraction of sp³-hybridized carbons (Fsp3) is 0.400. The van der Waals surface area contributed by atoms with E-state index in [0.29, 0.717) is 17.3 Å². The number of aryl methyl sites for hydroxylation is 1. The van der Waals surface area contributed by atoms with E-state index in [4.69, 9.17) is 9.90 Å². The Morgan fingerprint density at radius 1 is 1.05 bits per heavy atom. The van der Waals surface area contributed by atoms with E-state index in [0.717, 1.165) is 42.4 Å². The average Bonchev–Trinajstić information content (AvgIpc) is 3.32. The van der Waals surface area contributed by atoms with Gasteiger partial charge in [-0.05, 0) is 56.7 Å². The highest BCUT2D eigenvalue weighted by molar-refractivity contribution is 6.04. The van der Waals surface area contributed by atoms with Crippen LogP contribution in [-0.4, -0.2) is 55.8 Å². The van der Waals surface area contributed by atoms with Crippen molar-refractivity contribution in [2.75, 3.05) is 23.3 Å². The van der Waals surface area contributed by atoms with Crippen LogP contribution in [-0.2, 0) is 11.3 Å². The molecule has 3 aromatic rings. The number of pyridine rings is 1. The molecule has 1 aliphatic carbocycles. The molecule has 4 heterocycles. The second-order valence-electron chi connectivity index (χ2n) is 9.12. The van der Waals surface area contributed by atoms with Crippen LogP contribution in [0.15, 0.2) is 43.0 Å². The van der Waals surface area contributed by atoms with Crippen LogP contribution in [0, 0.1) is 12.8 Å². The first-order chi connectivity index (χ1) is 17.6. The minimum absolute atomic E-state index is 0.123. The van der Waals surface area contributed by atoms with Crippen LogP contribution in [0.3, 0.4) is 0 Å². The molecule has 2 aliphatic rings. The molecular weight excluding hydrogens is 489 g/mol. The van der Waals surface area contributed by atoms with E-state index in [2.05, 4.69) is 35.9 Å². The smallest absolute Gasteiger partial charge is 0.475 e. The molecule has 2 fully saturated rings. The molecule has 3 aromatic heterocycles. The maximum atomic E-state index is 13.0. The summed E-state index contributed by atoms with van der Waals surface area (Å²) in [5.74, 6) is -1.43. The summed E-state index contributed by atoms with van der Waals surface area (Å²) in [7, 11) is 0. The van der Waals surface area contributed by atoms with Crippen molar-refractivity contribution in [1.82, 2.24) is 19.5 Å². The first-order valence-electron chi connectivity index (χ1n) is 11.9. The van der Waals surface area contributed by atoms with E-state index in [1.165, 1.54) is 25.7 Å². The van der Waals surface area contributed by atoms with E-state index >= 15 is 0 Å². The van der Waals surface area contributed by atoms with Gasteiger partial charge in [0.1, 0.15) is 5.69 Å². The molecule has 37 heavy (non-hydrogen) atoms. The molecule has 1 saturated heterocycles. The zero-order chi connectivity index (χ0) is 26.6. The van der Waals surface area contributed by atoms with Crippen molar-refractivity contribution in [3.8, 4) is 11.1 Å². The summed E-state index contributed by atoms with van der Waals surface area (Å²) < 4.78 is 33.8. The zero-order valence-corrected chi connectivity index (χ0v) is 20.2. The number of rotatable bonds is 6. The number of nitrogens with one attached hydrogen (secondary N) is 1. The minimum atomic E-state index is -5.08. The molecule has 0 spiro atoms. The second-order valence-corrected chi connectivity index (χ2v) is 9.12. The summed E-state index contributed by atoms with van der Waals surface area (Å²) in [6.45, 7) is 4.84. The number of aliphatic carboxylic acids is 1. The number of alkyl halides is 3. The Bertz CT molecular complexity index is 1230. The molecule has 2 N–H and O–H groups in total. The average molecular weight is 517 g/mol. The molecule has 5 rings (SSSR count). The third-order valence-corrected chi connectivity index (χ3v) is 6.05. The number of carbonyl (C=O) groups is 2. The van der Waals surface area contributed by atoms with Gasteiger partial charge in [-0.2, -0.15) is 13.2 Å². The van der Waals surface area contributed by atoms with E-state index in [9.17, 15) is 18.0 Å². The van der Waals surface area contributed by atoms with Crippen molar-refractivity contribution >= 4 is 23.5 Å². The molecule has 0 unspecified atom stereocenters. The predicted molar refractivity (Wildman–Crippen MR) is 130 cm³/mol. The van der Waals surface area contributed by atoms with Gasteiger partial charge in [0, 0.05) is 55.0 Å². The van der Waals surface area contributed by atoms with Gasteiger partial charge in [-0.1, -0.05) is 0 Å². The minimum Gasteiger partial charge on any atom is -0.475 e. The van der Waals surface area contributed by atoms with Crippen LogP contribution >= 0.6 is 0 Å². The molecule has 9 nitrogen and oxygen atoms in total. The SMILES string of the molecule is Cc1ccc(NC(=O)c2cc(-c3cnc(N4CCCC4)nc3)cn2CC2CC2)cn1.O=C(O)C(F)(F)F. The Hall–Kier alpha value is -3.96. The Balaban J connectivity index is 0.000000405. The maximum absolute atomic E-state index is 13.0. The van der Waals surface area contributed by atoms with Gasteiger partial charge in [-0.15, -0.1) is 0 Å². The summed E-state index contributed by atoms with van der Waals surface area (Å²) >= 11 is 0. The van der Waals surface area contributed by atoms with Gasteiger partial charge in [-0.25, -0.2) is 14.8 Å². The van der Waals surface area contributed by atoms with Gasteiger partial charge in [-0.3, -0.25) is 9.78 Å². The Labute approximate surface area is 211 Å². The number of amides is 1. The van der Waals surface area contributed by atoms with Crippen molar-refractivity contribution < 1.29 is 27.9 Å². The third kappa shape index (κ3) is 7.05. The monoisotopic (exact) mass is 516 g/mol. The molecule has 0 aromatic carbocycles. The van der Waals surface area contributed by atoms with Crippen LogP contribution in [0.5, 0.6) is 0 Å². The quantitative estimate of drug-likeness (QED) is 0.494. The van der Waals surface area contributed by atoms with Crippen molar-refractivity contribution in [2.24, 2.45) is 5.92 Å². The largest absolute Gasteiger partial charge is 0.490 e. The lowest BCUT2D eigenvalue weighted by Gasteiger charge is -2.14. The van der Waals surface area contributed by atoms with Gasteiger partial charge >= 0.3 is 12.1 Å². The number of hydrogen-bond acceptors (Lipinski definition) is 6. The molecular formula is C25H27F3N6O3. The first kappa shape index (κ1) is 26.1. The molecule has 196 valence electrons. The number of carbonyl (C=O) groups excluding carboxylic acids is 1. The Morgan fingerprint density at radius 2 is 1.70 bits per heavy atom.